The summed E-state index contributed by atoms with van der Waals surface area (Å²) in [5.74, 6) is 1.77. The molecule has 3 rings (SSSR count). The highest BCUT2D eigenvalue weighted by Gasteiger charge is 2.21. The van der Waals surface area contributed by atoms with Gasteiger partial charge in [-0.1, -0.05) is 42.0 Å². The summed E-state index contributed by atoms with van der Waals surface area (Å²) in [5, 5.41) is 4.07. The van der Waals surface area contributed by atoms with Crippen LogP contribution >= 0.6 is 7.92 Å². The van der Waals surface area contributed by atoms with Crippen LogP contribution in [-0.4, -0.2) is 14.2 Å². The summed E-state index contributed by atoms with van der Waals surface area (Å²) in [6, 6.07) is 21.5. The molecule has 0 spiro atoms. The van der Waals surface area contributed by atoms with Gasteiger partial charge in [-0.3, -0.25) is 0 Å². The Hall–Kier alpha value is -2.31. The maximum Gasteiger partial charge on any atom is 0.118 e. The predicted octanol–water partition coefficient (Wildman–Crippen LogP) is 4.39. The second-order valence-corrected chi connectivity index (χ2v) is 8.63. The van der Waals surface area contributed by atoms with E-state index in [0.29, 0.717) is 0 Å². The van der Waals surface area contributed by atoms with Gasteiger partial charge in [0.15, 0.2) is 0 Å². The van der Waals surface area contributed by atoms with E-state index in [2.05, 4.69) is 57.2 Å². The van der Waals surface area contributed by atoms with Crippen LogP contribution in [0.2, 0.25) is 0 Å². The Labute approximate surface area is 157 Å². The van der Waals surface area contributed by atoms with Crippen LogP contribution in [0.5, 0.6) is 11.5 Å². The quantitative estimate of drug-likeness (QED) is 0.625. The summed E-state index contributed by atoms with van der Waals surface area (Å²) in [7, 11) is 2.76. The summed E-state index contributed by atoms with van der Waals surface area (Å²) >= 11 is 0. The predicted molar refractivity (Wildman–Crippen MR) is 112 cm³/mol. The fourth-order valence-electron chi connectivity index (χ4n) is 3.39. The third kappa shape index (κ3) is 3.76. The van der Waals surface area contributed by atoms with Crippen LogP contribution in [0.4, 0.5) is 0 Å². The topological polar surface area (TPSA) is 18.5 Å². The lowest BCUT2D eigenvalue weighted by Crippen LogP contribution is -2.24. The highest BCUT2D eigenvalue weighted by Crippen LogP contribution is 2.36. The summed E-state index contributed by atoms with van der Waals surface area (Å²) in [6.07, 6.45) is 0. The highest BCUT2D eigenvalue weighted by atomic mass is 31.1. The van der Waals surface area contributed by atoms with Crippen LogP contribution in [0.25, 0.3) is 0 Å². The minimum Gasteiger partial charge on any atom is -0.497 e. The molecule has 0 N–H and O–H groups in total. The molecule has 3 aromatic carbocycles. The Morgan fingerprint density at radius 1 is 0.615 bits per heavy atom. The molecule has 0 fully saturated rings. The largest absolute Gasteiger partial charge is 0.497 e. The SMILES string of the molecule is COc1ccc(P(c2ccc(OC)cc2)c2c(C)cc(C)cc2C)cc1. The van der Waals surface area contributed by atoms with Gasteiger partial charge in [-0.15, -0.1) is 0 Å². The van der Waals surface area contributed by atoms with Crippen molar-refractivity contribution in [1.29, 1.82) is 0 Å². The zero-order chi connectivity index (χ0) is 18.7. The maximum atomic E-state index is 5.34. The minimum absolute atomic E-state index is 0.646. The van der Waals surface area contributed by atoms with Crippen LogP contribution < -0.4 is 25.4 Å². The molecular weight excluding hydrogens is 339 g/mol. The number of hydrogen-bond acceptors (Lipinski definition) is 2. The van der Waals surface area contributed by atoms with Crippen LogP contribution in [0.1, 0.15) is 16.7 Å². The first kappa shape index (κ1) is 18.5. The van der Waals surface area contributed by atoms with E-state index in [9.17, 15) is 0 Å². The molecule has 26 heavy (non-hydrogen) atoms. The average molecular weight is 364 g/mol. The van der Waals surface area contributed by atoms with Crippen molar-refractivity contribution >= 4 is 23.8 Å². The minimum atomic E-state index is -0.646. The second kappa shape index (κ2) is 7.93. The van der Waals surface area contributed by atoms with E-state index < -0.39 is 7.92 Å². The van der Waals surface area contributed by atoms with Gasteiger partial charge in [-0.05, 0) is 80.0 Å². The molecule has 0 heterocycles. The molecule has 0 amide bonds. The number of aryl methyl sites for hydroxylation is 3. The third-order valence-corrected chi connectivity index (χ3v) is 7.30. The second-order valence-electron chi connectivity index (χ2n) is 6.48. The lowest BCUT2D eigenvalue weighted by molar-refractivity contribution is 0.415. The van der Waals surface area contributed by atoms with E-state index in [1.54, 1.807) is 14.2 Å². The lowest BCUT2D eigenvalue weighted by atomic mass is 10.1. The average Bonchev–Trinajstić information content (AvgIpc) is 2.65. The molecule has 0 aliphatic heterocycles. The lowest BCUT2D eigenvalue weighted by Gasteiger charge is -2.24. The summed E-state index contributed by atoms with van der Waals surface area (Å²) in [6.45, 7) is 6.60. The van der Waals surface area contributed by atoms with Gasteiger partial charge in [0.25, 0.3) is 0 Å². The van der Waals surface area contributed by atoms with Crippen LogP contribution in [0, 0.1) is 20.8 Å². The van der Waals surface area contributed by atoms with E-state index >= 15 is 0 Å². The summed E-state index contributed by atoms with van der Waals surface area (Å²) in [5.41, 5.74) is 4.00. The monoisotopic (exact) mass is 364 g/mol. The van der Waals surface area contributed by atoms with Gasteiger partial charge < -0.3 is 9.47 Å². The standard InChI is InChI=1S/C23H25O2P/c1-16-14-17(2)23(18(3)15-16)26(21-10-6-19(24-4)7-11-21)22-12-8-20(25-5)9-13-22/h6-15H,1-5H3. The normalized spacial score (nSPS) is 10.8. The number of rotatable bonds is 5. The molecule has 0 bridgehead atoms. The molecule has 0 atom stereocenters. The molecular formula is C23H25O2P. The Bertz CT molecular complexity index is 813. The first-order valence-electron chi connectivity index (χ1n) is 8.69. The van der Waals surface area contributed by atoms with Crippen molar-refractivity contribution in [2.45, 2.75) is 20.8 Å². The molecule has 0 saturated carbocycles. The zero-order valence-corrected chi connectivity index (χ0v) is 16.9. The van der Waals surface area contributed by atoms with Crippen molar-refractivity contribution < 1.29 is 9.47 Å². The molecule has 3 heteroatoms. The maximum absolute atomic E-state index is 5.34. The number of benzene rings is 3. The Balaban J connectivity index is 2.18. The molecule has 0 unspecified atom stereocenters. The molecule has 0 aliphatic carbocycles. The van der Waals surface area contributed by atoms with Crippen molar-refractivity contribution in [3.05, 3.63) is 77.4 Å². The van der Waals surface area contributed by atoms with Gasteiger partial charge in [0.1, 0.15) is 11.5 Å². The van der Waals surface area contributed by atoms with Crippen molar-refractivity contribution in [2.75, 3.05) is 14.2 Å². The first-order chi connectivity index (χ1) is 12.5. The number of ether oxygens (including phenoxy) is 2. The Kier molecular flexibility index (Phi) is 5.64. The van der Waals surface area contributed by atoms with Gasteiger partial charge in [0, 0.05) is 0 Å². The van der Waals surface area contributed by atoms with Gasteiger partial charge >= 0.3 is 0 Å². The van der Waals surface area contributed by atoms with E-state index in [4.69, 9.17) is 9.47 Å². The molecule has 134 valence electrons. The third-order valence-electron chi connectivity index (χ3n) is 4.52. The smallest absolute Gasteiger partial charge is 0.118 e. The fraction of sp³-hybridized carbons (Fsp3) is 0.217. The van der Waals surface area contributed by atoms with Crippen LogP contribution in [0.3, 0.4) is 0 Å². The Morgan fingerprint density at radius 3 is 1.35 bits per heavy atom. The molecule has 0 radical (unpaired) electrons. The van der Waals surface area contributed by atoms with Crippen molar-refractivity contribution in [1.82, 2.24) is 0 Å². The Morgan fingerprint density at radius 2 is 1.00 bits per heavy atom. The molecule has 2 nitrogen and oxygen atoms in total. The van der Waals surface area contributed by atoms with Crippen molar-refractivity contribution in [3.63, 3.8) is 0 Å². The van der Waals surface area contributed by atoms with E-state index in [0.717, 1.165) is 11.5 Å². The highest BCUT2D eigenvalue weighted by molar-refractivity contribution is 7.80. The van der Waals surface area contributed by atoms with Gasteiger partial charge in [0.05, 0.1) is 14.2 Å². The van der Waals surface area contributed by atoms with Gasteiger partial charge in [0.2, 0.25) is 0 Å². The molecule has 0 aromatic heterocycles. The number of hydrogen-bond donors (Lipinski definition) is 0. The van der Waals surface area contributed by atoms with E-state index in [-0.39, 0.29) is 0 Å². The van der Waals surface area contributed by atoms with Crippen LogP contribution in [0.15, 0.2) is 60.7 Å². The molecule has 0 saturated heterocycles. The van der Waals surface area contributed by atoms with Crippen molar-refractivity contribution in [2.24, 2.45) is 0 Å². The summed E-state index contributed by atoms with van der Waals surface area (Å²) in [4.78, 5) is 0. The first-order valence-corrected chi connectivity index (χ1v) is 10.0. The van der Waals surface area contributed by atoms with Gasteiger partial charge in [-0.25, -0.2) is 0 Å². The van der Waals surface area contributed by atoms with Crippen molar-refractivity contribution in [3.8, 4) is 11.5 Å². The molecule has 3 aromatic rings. The zero-order valence-electron chi connectivity index (χ0n) is 16.0. The summed E-state index contributed by atoms with van der Waals surface area (Å²) < 4.78 is 10.7. The fourth-order valence-corrected chi connectivity index (χ4v) is 5.94. The molecule has 0 aliphatic rings. The van der Waals surface area contributed by atoms with Crippen LogP contribution in [-0.2, 0) is 0 Å². The van der Waals surface area contributed by atoms with E-state index in [1.807, 2.05) is 24.3 Å². The van der Waals surface area contributed by atoms with Gasteiger partial charge in [-0.2, -0.15) is 0 Å². The number of methoxy groups -OCH3 is 2. The van der Waals surface area contributed by atoms with E-state index in [1.165, 1.54) is 32.6 Å².